The summed E-state index contributed by atoms with van der Waals surface area (Å²) in [4.78, 5) is 23.9. The fourth-order valence-electron chi connectivity index (χ4n) is 1.94. The van der Waals surface area contributed by atoms with Gasteiger partial charge in [0.05, 0.1) is 0 Å². The summed E-state index contributed by atoms with van der Waals surface area (Å²) in [5.41, 5.74) is 0.787. The summed E-state index contributed by atoms with van der Waals surface area (Å²) in [6.07, 6.45) is 1.36. The van der Waals surface area contributed by atoms with E-state index in [0.29, 0.717) is 6.42 Å². The number of halogens is 1. The average molecular weight is 309 g/mol. The molecule has 1 rings (SSSR count). The van der Waals surface area contributed by atoms with Crippen molar-refractivity contribution < 1.29 is 14.0 Å². The lowest BCUT2D eigenvalue weighted by molar-refractivity contribution is -0.123. The molecule has 0 saturated carbocycles. The molecule has 0 aliphatic rings. The summed E-state index contributed by atoms with van der Waals surface area (Å²) < 4.78 is 12.8. The molecule has 1 unspecified atom stereocenters. The number of urea groups is 1. The molecule has 0 fully saturated rings. The lowest BCUT2D eigenvalue weighted by Gasteiger charge is -2.19. The molecular formula is C16H24FN3O2. The average Bonchev–Trinajstić information content (AvgIpc) is 2.45. The lowest BCUT2D eigenvalue weighted by atomic mass is 10.1. The summed E-state index contributed by atoms with van der Waals surface area (Å²) in [5.74, 6) is -0.504. The third-order valence-corrected chi connectivity index (χ3v) is 3.00. The van der Waals surface area contributed by atoms with E-state index in [9.17, 15) is 14.0 Å². The summed E-state index contributed by atoms with van der Waals surface area (Å²) >= 11 is 0. The lowest BCUT2D eigenvalue weighted by Crippen LogP contribution is -2.51. The van der Waals surface area contributed by atoms with Gasteiger partial charge in [-0.25, -0.2) is 9.18 Å². The number of hydrogen-bond donors (Lipinski definition) is 3. The van der Waals surface area contributed by atoms with Gasteiger partial charge < -0.3 is 16.0 Å². The molecule has 0 radical (unpaired) electrons. The van der Waals surface area contributed by atoms with Crippen molar-refractivity contribution in [3.63, 3.8) is 0 Å². The van der Waals surface area contributed by atoms with Crippen molar-refractivity contribution >= 4 is 11.9 Å². The van der Waals surface area contributed by atoms with Crippen molar-refractivity contribution in [3.05, 3.63) is 35.6 Å². The van der Waals surface area contributed by atoms with Crippen LogP contribution in [0.1, 0.15) is 39.2 Å². The van der Waals surface area contributed by atoms with E-state index in [1.165, 1.54) is 12.1 Å². The van der Waals surface area contributed by atoms with Crippen molar-refractivity contribution in [1.29, 1.82) is 0 Å². The predicted molar refractivity (Wildman–Crippen MR) is 83.7 cm³/mol. The van der Waals surface area contributed by atoms with Crippen LogP contribution in [0, 0.1) is 5.82 Å². The first-order valence-corrected chi connectivity index (χ1v) is 7.51. The van der Waals surface area contributed by atoms with E-state index < -0.39 is 12.1 Å². The van der Waals surface area contributed by atoms with E-state index in [4.69, 9.17) is 0 Å². The van der Waals surface area contributed by atoms with Crippen LogP contribution in [0.3, 0.4) is 0 Å². The Morgan fingerprint density at radius 2 is 1.77 bits per heavy atom. The van der Waals surface area contributed by atoms with Crippen LogP contribution < -0.4 is 16.0 Å². The van der Waals surface area contributed by atoms with Gasteiger partial charge in [-0.15, -0.1) is 0 Å². The molecule has 0 aliphatic carbocycles. The fraction of sp³-hybridized carbons (Fsp3) is 0.500. The second-order valence-corrected chi connectivity index (χ2v) is 5.46. The number of benzene rings is 1. The molecule has 122 valence electrons. The Hall–Kier alpha value is -2.11. The molecule has 0 saturated heterocycles. The van der Waals surface area contributed by atoms with Gasteiger partial charge >= 0.3 is 6.03 Å². The molecular weight excluding hydrogens is 285 g/mol. The van der Waals surface area contributed by atoms with Crippen LogP contribution in [0.5, 0.6) is 0 Å². The summed E-state index contributed by atoms with van der Waals surface area (Å²) in [5, 5.41) is 8.12. The van der Waals surface area contributed by atoms with Crippen LogP contribution in [0.15, 0.2) is 24.3 Å². The highest BCUT2D eigenvalue weighted by molar-refractivity contribution is 5.87. The Bertz CT molecular complexity index is 489. The molecule has 22 heavy (non-hydrogen) atoms. The Morgan fingerprint density at radius 3 is 2.32 bits per heavy atom. The zero-order chi connectivity index (χ0) is 16.5. The zero-order valence-electron chi connectivity index (χ0n) is 13.3. The molecule has 1 aromatic rings. The number of nitrogens with one attached hydrogen (secondary N) is 3. The summed E-state index contributed by atoms with van der Waals surface area (Å²) in [7, 11) is 0. The SMILES string of the molecule is CCCC(NC(=O)NCc1ccc(F)cc1)C(=O)NC(C)C. The first-order chi connectivity index (χ1) is 10.4. The van der Waals surface area contributed by atoms with Crippen molar-refractivity contribution in [2.75, 3.05) is 0 Å². The molecule has 1 aromatic carbocycles. The number of carbonyl (C=O) groups is 2. The maximum atomic E-state index is 12.8. The van der Waals surface area contributed by atoms with E-state index in [2.05, 4.69) is 16.0 Å². The van der Waals surface area contributed by atoms with Gasteiger partial charge in [-0.3, -0.25) is 4.79 Å². The maximum absolute atomic E-state index is 12.8. The monoisotopic (exact) mass is 309 g/mol. The van der Waals surface area contributed by atoms with E-state index in [-0.39, 0.29) is 24.3 Å². The Kier molecular flexibility index (Phi) is 7.36. The van der Waals surface area contributed by atoms with E-state index in [1.54, 1.807) is 12.1 Å². The van der Waals surface area contributed by atoms with Crippen molar-refractivity contribution in [2.24, 2.45) is 0 Å². The molecule has 0 aliphatic heterocycles. The minimum absolute atomic E-state index is 0.0240. The zero-order valence-corrected chi connectivity index (χ0v) is 13.3. The van der Waals surface area contributed by atoms with Crippen LogP contribution in [0.4, 0.5) is 9.18 Å². The normalized spacial score (nSPS) is 11.9. The van der Waals surface area contributed by atoms with Gasteiger partial charge in [-0.2, -0.15) is 0 Å². The van der Waals surface area contributed by atoms with Crippen LogP contribution in [0.2, 0.25) is 0 Å². The largest absolute Gasteiger partial charge is 0.352 e. The minimum atomic E-state index is -0.555. The molecule has 0 heterocycles. The van der Waals surface area contributed by atoms with Gasteiger partial charge in [0.15, 0.2) is 0 Å². The van der Waals surface area contributed by atoms with Crippen LogP contribution in [0.25, 0.3) is 0 Å². The fourth-order valence-corrected chi connectivity index (χ4v) is 1.94. The van der Waals surface area contributed by atoms with E-state index in [0.717, 1.165) is 12.0 Å². The van der Waals surface area contributed by atoms with Gasteiger partial charge in [0.1, 0.15) is 11.9 Å². The predicted octanol–water partition coefficient (Wildman–Crippen LogP) is 2.32. The third kappa shape index (κ3) is 6.56. The second kappa shape index (κ2) is 9.02. The highest BCUT2D eigenvalue weighted by Gasteiger charge is 2.20. The smallest absolute Gasteiger partial charge is 0.315 e. The highest BCUT2D eigenvalue weighted by atomic mass is 19.1. The van der Waals surface area contributed by atoms with E-state index in [1.807, 2.05) is 20.8 Å². The molecule has 0 bridgehead atoms. The van der Waals surface area contributed by atoms with Gasteiger partial charge in [-0.05, 0) is 38.0 Å². The number of hydrogen-bond acceptors (Lipinski definition) is 2. The van der Waals surface area contributed by atoms with Crippen LogP contribution >= 0.6 is 0 Å². The van der Waals surface area contributed by atoms with Gasteiger partial charge in [-0.1, -0.05) is 25.5 Å². The minimum Gasteiger partial charge on any atom is -0.352 e. The Labute approximate surface area is 130 Å². The van der Waals surface area contributed by atoms with E-state index >= 15 is 0 Å². The topological polar surface area (TPSA) is 70.2 Å². The Balaban J connectivity index is 2.48. The van der Waals surface area contributed by atoms with Crippen LogP contribution in [-0.4, -0.2) is 24.0 Å². The molecule has 3 amide bonds. The Morgan fingerprint density at radius 1 is 1.14 bits per heavy atom. The molecule has 6 heteroatoms. The first kappa shape index (κ1) is 17.9. The molecule has 1 atom stereocenters. The quantitative estimate of drug-likeness (QED) is 0.723. The highest BCUT2D eigenvalue weighted by Crippen LogP contribution is 2.02. The summed E-state index contributed by atoms with van der Waals surface area (Å²) in [6.45, 7) is 5.97. The maximum Gasteiger partial charge on any atom is 0.315 e. The number of rotatable bonds is 7. The number of amides is 3. The van der Waals surface area contributed by atoms with Crippen LogP contribution in [-0.2, 0) is 11.3 Å². The van der Waals surface area contributed by atoms with Crippen molar-refractivity contribution in [1.82, 2.24) is 16.0 Å². The van der Waals surface area contributed by atoms with Gasteiger partial charge in [0.2, 0.25) is 5.91 Å². The standard InChI is InChI=1S/C16H24FN3O2/c1-4-5-14(15(21)19-11(2)3)20-16(22)18-10-12-6-8-13(17)9-7-12/h6-9,11,14H,4-5,10H2,1-3H3,(H,19,21)(H2,18,20,22). The first-order valence-electron chi connectivity index (χ1n) is 7.51. The molecule has 0 spiro atoms. The molecule has 5 nitrogen and oxygen atoms in total. The molecule has 0 aromatic heterocycles. The number of carbonyl (C=O) groups excluding carboxylic acids is 2. The summed E-state index contributed by atoms with van der Waals surface area (Å²) in [6, 6.07) is 4.93. The third-order valence-electron chi connectivity index (χ3n) is 3.00. The second-order valence-electron chi connectivity index (χ2n) is 5.46. The van der Waals surface area contributed by atoms with Gasteiger partial charge in [0.25, 0.3) is 0 Å². The van der Waals surface area contributed by atoms with Gasteiger partial charge in [0, 0.05) is 12.6 Å². The van der Waals surface area contributed by atoms with Crippen molar-refractivity contribution in [2.45, 2.75) is 52.2 Å². The molecule has 3 N–H and O–H groups in total. The van der Waals surface area contributed by atoms with Crippen molar-refractivity contribution in [3.8, 4) is 0 Å².